The highest BCUT2D eigenvalue weighted by Crippen LogP contribution is 2.26. The third-order valence-corrected chi connectivity index (χ3v) is 5.75. The van der Waals surface area contributed by atoms with Crippen LogP contribution in [0.4, 0.5) is 0 Å². The van der Waals surface area contributed by atoms with Crippen molar-refractivity contribution < 1.29 is 24.2 Å². The normalized spacial score (nSPS) is 17.0. The highest BCUT2D eigenvalue weighted by atomic mass is 16.5. The van der Waals surface area contributed by atoms with E-state index in [2.05, 4.69) is 11.9 Å². The number of carbonyl (C=O) groups is 3. The van der Waals surface area contributed by atoms with E-state index in [-0.39, 0.29) is 18.4 Å². The summed E-state index contributed by atoms with van der Waals surface area (Å²) in [6.45, 7) is 7.53. The molecule has 1 aromatic carbocycles. The molecule has 1 saturated carbocycles. The standard InChI is InChI=1S/C25H35NO5/c1-4-10-20(24(28)29)21(15-17(2)3)23(27)26-22(16-18-11-6-5-7-12-18)25(30)31-19-13-8-9-14-19/h4-7,11-12,17,19-22H,1,8-10,13-16H2,2-3H3,(H,26,27)(H,28,29)/t20-,21+,22-/m0/s1. The van der Waals surface area contributed by atoms with Crippen LogP contribution >= 0.6 is 0 Å². The Morgan fingerprint density at radius 2 is 1.81 bits per heavy atom. The fourth-order valence-electron chi connectivity index (χ4n) is 4.15. The van der Waals surface area contributed by atoms with E-state index >= 15 is 0 Å². The predicted molar refractivity (Wildman–Crippen MR) is 119 cm³/mol. The first-order valence-electron chi connectivity index (χ1n) is 11.2. The summed E-state index contributed by atoms with van der Waals surface area (Å²) in [7, 11) is 0. The van der Waals surface area contributed by atoms with Gasteiger partial charge in [0.15, 0.2) is 0 Å². The van der Waals surface area contributed by atoms with E-state index in [1.807, 2.05) is 44.2 Å². The molecule has 1 aromatic rings. The molecular formula is C25H35NO5. The van der Waals surface area contributed by atoms with Crippen LogP contribution < -0.4 is 5.32 Å². The van der Waals surface area contributed by atoms with Crippen LogP contribution in [0.3, 0.4) is 0 Å². The van der Waals surface area contributed by atoms with Crippen molar-refractivity contribution >= 4 is 17.8 Å². The van der Waals surface area contributed by atoms with Crippen molar-refractivity contribution in [2.75, 3.05) is 0 Å². The van der Waals surface area contributed by atoms with E-state index in [0.717, 1.165) is 31.2 Å². The molecule has 6 nitrogen and oxygen atoms in total. The number of esters is 1. The maximum absolute atomic E-state index is 13.2. The second-order valence-corrected chi connectivity index (χ2v) is 8.80. The number of hydrogen-bond acceptors (Lipinski definition) is 4. The Morgan fingerprint density at radius 1 is 1.16 bits per heavy atom. The highest BCUT2D eigenvalue weighted by Gasteiger charge is 2.36. The van der Waals surface area contributed by atoms with Crippen molar-refractivity contribution in [3.63, 3.8) is 0 Å². The number of aliphatic carboxylic acids is 1. The minimum absolute atomic E-state index is 0.110. The minimum Gasteiger partial charge on any atom is -0.481 e. The van der Waals surface area contributed by atoms with Gasteiger partial charge in [0.1, 0.15) is 12.1 Å². The number of hydrogen-bond donors (Lipinski definition) is 2. The number of rotatable bonds is 12. The van der Waals surface area contributed by atoms with Crippen LogP contribution in [0, 0.1) is 17.8 Å². The molecule has 1 fully saturated rings. The van der Waals surface area contributed by atoms with Gasteiger partial charge >= 0.3 is 11.9 Å². The fourth-order valence-corrected chi connectivity index (χ4v) is 4.15. The van der Waals surface area contributed by atoms with Crippen LogP contribution in [0.25, 0.3) is 0 Å². The van der Waals surface area contributed by atoms with Crippen LogP contribution in [0.2, 0.25) is 0 Å². The lowest BCUT2D eigenvalue weighted by atomic mass is 9.82. The van der Waals surface area contributed by atoms with Gasteiger partial charge in [-0.3, -0.25) is 9.59 Å². The van der Waals surface area contributed by atoms with Gasteiger partial charge in [0.05, 0.1) is 11.8 Å². The van der Waals surface area contributed by atoms with Crippen molar-refractivity contribution in [1.82, 2.24) is 5.32 Å². The van der Waals surface area contributed by atoms with Crippen LogP contribution in [-0.2, 0) is 25.5 Å². The molecule has 170 valence electrons. The summed E-state index contributed by atoms with van der Waals surface area (Å²) in [5.41, 5.74) is 0.900. The van der Waals surface area contributed by atoms with Crippen molar-refractivity contribution in [2.24, 2.45) is 17.8 Å². The zero-order valence-electron chi connectivity index (χ0n) is 18.6. The molecule has 0 radical (unpaired) electrons. The number of nitrogens with one attached hydrogen (secondary N) is 1. The maximum Gasteiger partial charge on any atom is 0.329 e. The van der Waals surface area contributed by atoms with Gasteiger partial charge in [-0.2, -0.15) is 0 Å². The Kier molecular flexibility index (Phi) is 9.76. The van der Waals surface area contributed by atoms with Gasteiger partial charge in [-0.05, 0) is 50.0 Å². The molecule has 0 spiro atoms. The molecule has 1 aliphatic carbocycles. The lowest BCUT2D eigenvalue weighted by Crippen LogP contribution is -2.48. The second kappa shape index (κ2) is 12.3. The average Bonchev–Trinajstić information content (AvgIpc) is 3.23. The lowest BCUT2D eigenvalue weighted by molar-refractivity contribution is -0.154. The van der Waals surface area contributed by atoms with Crippen LogP contribution in [0.5, 0.6) is 0 Å². The molecule has 0 aliphatic heterocycles. The molecule has 0 unspecified atom stereocenters. The van der Waals surface area contributed by atoms with Crippen LogP contribution in [0.1, 0.15) is 57.9 Å². The number of amides is 1. The molecule has 1 amide bonds. The number of carbonyl (C=O) groups excluding carboxylic acids is 2. The monoisotopic (exact) mass is 429 g/mol. The molecule has 0 saturated heterocycles. The summed E-state index contributed by atoms with van der Waals surface area (Å²) in [5, 5.41) is 12.5. The highest BCUT2D eigenvalue weighted by molar-refractivity contribution is 5.89. The quantitative estimate of drug-likeness (QED) is 0.385. The minimum atomic E-state index is -1.03. The molecule has 6 heteroatoms. The third kappa shape index (κ3) is 7.85. The van der Waals surface area contributed by atoms with Gasteiger partial charge in [0, 0.05) is 6.42 Å². The van der Waals surface area contributed by atoms with Gasteiger partial charge in [-0.15, -0.1) is 6.58 Å². The summed E-state index contributed by atoms with van der Waals surface area (Å²) < 4.78 is 5.68. The van der Waals surface area contributed by atoms with Gasteiger partial charge in [0.25, 0.3) is 0 Å². The largest absolute Gasteiger partial charge is 0.481 e. The van der Waals surface area contributed by atoms with Crippen LogP contribution in [-0.4, -0.2) is 35.1 Å². The SMILES string of the molecule is C=CC[C@H](C(=O)O)[C@@H](CC(C)C)C(=O)N[C@@H](Cc1ccccc1)C(=O)OC1CCCC1. The van der Waals surface area contributed by atoms with E-state index in [9.17, 15) is 19.5 Å². The fraction of sp³-hybridized carbons (Fsp3) is 0.560. The van der Waals surface area contributed by atoms with Crippen molar-refractivity contribution in [3.8, 4) is 0 Å². The van der Waals surface area contributed by atoms with Crippen molar-refractivity contribution in [3.05, 3.63) is 48.6 Å². The Bertz CT molecular complexity index is 740. The third-order valence-electron chi connectivity index (χ3n) is 5.75. The lowest BCUT2D eigenvalue weighted by Gasteiger charge is -2.27. The number of allylic oxidation sites excluding steroid dienone is 1. The molecule has 31 heavy (non-hydrogen) atoms. The van der Waals surface area contributed by atoms with Gasteiger partial charge < -0.3 is 15.2 Å². The van der Waals surface area contributed by atoms with Crippen LogP contribution in [0.15, 0.2) is 43.0 Å². The van der Waals surface area contributed by atoms with E-state index in [1.165, 1.54) is 6.08 Å². The van der Waals surface area contributed by atoms with E-state index < -0.39 is 35.7 Å². The molecule has 2 rings (SSSR count). The summed E-state index contributed by atoms with van der Waals surface area (Å²) in [6, 6.07) is 8.57. The van der Waals surface area contributed by atoms with Crippen molar-refractivity contribution in [1.29, 1.82) is 0 Å². The molecule has 0 aromatic heterocycles. The maximum atomic E-state index is 13.2. The topological polar surface area (TPSA) is 92.7 Å². The predicted octanol–water partition coefficient (Wildman–Crippen LogP) is 4.14. The molecule has 2 N–H and O–H groups in total. The first kappa shape index (κ1) is 24.6. The Balaban J connectivity index is 2.21. The molecular weight excluding hydrogens is 394 g/mol. The summed E-state index contributed by atoms with van der Waals surface area (Å²) in [6.07, 6.45) is 6.06. The molecule has 3 atom stereocenters. The Labute approximate surface area is 185 Å². The van der Waals surface area contributed by atoms with Crippen molar-refractivity contribution in [2.45, 2.75) is 70.9 Å². The second-order valence-electron chi connectivity index (χ2n) is 8.80. The summed E-state index contributed by atoms with van der Waals surface area (Å²) >= 11 is 0. The van der Waals surface area contributed by atoms with Gasteiger partial charge in [-0.1, -0.05) is 50.3 Å². The Morgan fingerprint density at radius 3 is 2.35 bits per heavy atom. The number of carboxylic acids is 1. The number of carboxylic acid groups (broad SMARTS) is 1. The molecule has 0 heterocycles. The zero-order chi connectivity index (χ0) is 22.8. The van der Waals surface area contributed by atoms with Gasteiger partial charge in [-0.25, -0.2) is 4.79 Å². The van der Waals surface area contributed by atoms with Gasteiger partial charge in [0.2, 0.25) is 5.91 Å². The average molecular weight is 430 g/mol. The molecule has 1 aliphatic rings. The van der Waals surface area contributed by atoms with E-state index in [1.54, 1.807) is 0 Å². The zero-order valence-corrected chi connectivity index (χ0v) is 18.6. The number of ether oxygens (including phenoxy) is 1. The Hall–Kier alpha value is -2.63. The summed E-state index contributed by atoms with van der Waals surface area (Å²) in [5.74, 6) is -3.43. The van der Waals surface area contributed by atoms with E-state index in [0.29, 0.717) is 12.8 Å². The van der Waals surface area contributed by atoms with E-state index in [4.69, 9.17) is 4.74 Å². The summed E-state index contributed by atoms with van der Waals surface area (Å²) in [4.78, 5) is 38.0. The molecule has 0 bridgehead atoms. The smallest absolute Gasteiger partial charge is 0.329 e. The number of benzene rings is 1. The first-order valence-corrected chi connectivity index (χ1v) is 11.2. The first-order chi connectivity index (χ1) is 14.8.